The fraction of sp³-hybridized carbons (Fsp3) is 0.921. The lowest BCUT2D eigenvalue weighted by Gasteiger charge is -2.58. The molecule has 0 radical (unpaired) electrons. The second-order valence-electron chi connectivity index (χ2n) is 17.1. The van der Waals surface area contributed by atoms with Crippen molar-refractivity contribution in [2.75, 3.05) is 0 Å². The van der Waals surface area contributed by atoms with Gasteiger partial charge in [-0.3, -0.25) is 4.79 Å². The van der Waals surface area contributed by atoms with Crippen LogP contribution in [0.2, 0.25) is 0 Å². The molecule has 0 N–H and O–H groups in total. The zero-order chi connectivity index (χ0) is 27.5. The first-order valence-electron chi connectivity index (χ1n) is 18.2. The number of allylic oxidation sites excluding steroid dienone is 1. The van der Waals surface area contributed by atoms with Gasteiger partial charge >= 0.3 is 5.97 Å². The molecule has 0 amide bonds. The fourth-order valence-electron chi connectivity index (χ4n) is 13.1. The number of hydrogen-bond acceptors (Lipinski definition) is 2. The highest BCUT2D eigenvalue weighted by atomic mass is 16.5. The zero-order valence-electron chi connectivity index (χ0n) is 26.4. The first kappa shape index (κ1) is 28.0. The van der Waals surface area contributed by atoms with Gasteiger partial charge in [0.25, 0.3) is 0 Å². The van der Waals surface area contributed by atoms with Crippen molar-refractivity contribution in [1.82, 2.24) is 0 Å². The number of ether oxygens (including phenoxy) is 1. The van der Waals surface area contributed by atoms with E-state index >= 15 is 0 Å². The number of hydrogen-bond donors (Lipinski definition) is 0. The summed E-state index contributed by atoms with van der Waals surface area (Å²) in [6.45, 7) is 7.66. The van der Waals surface area contributed by atoms with E-state index in [-0.39, 0.29) is 17.5 Å². The van der Waals surface area contributed by atoms with Crippen LogP contribution in [0.3, 0.4) is 0 Å². The Morgan fingerprint density at radius 3 is 2.27 bits per heavy atom. The highest BCUT2D eigenvalue weighted by Crippen LogP contribution is 2.67. The molecule has 8 aliphatic carbocycles. The Morgan fingerprint density at radius 1 is 0.850 bits per heavy atom. The third-order valence-electron chi connectivity index (χ3n) is 14.9. The highest BCUT2D eigenvalue weighted by molar-refractivity contribution is 5.77. The quantitative estimate of drug-likeness (QED) is 0.163. The van der Waals surface area contributed by atoms with Crippen molar-refractivity contribution >= 4 is 5.97 Å². The van der Waals surface area contributed by atoms with Gasteiger partial charge in [-0.05, 0) is 142 Å². The van der Waals surface area contributed by atoms with Crippen LogP contribution in [-0.2, 0) is 9.53 Å². The number of unbranched alkanes of at least 4 members (excludes halogenated alkanes) is 5. The molecule has 7 atom stereocenters. The number of carbonyl (C=O) groups is 1. The van der Waals surface area contributed by atoms with E-state index in [0.717, 1.165) is 73.5 Å². The molecule has 8 rings (SSSR count). The van der Waals surface area contributed by atoms with Gasteiger partial charge in [-0.15, -0.1) is 0 Å². The van der Waals surface area contributed by atoms with Gasteiger partial charge in [-0.25, -0.2) is 0 Å². The van der Waals surface area contributed by atoms with Gasteiger partial charge in [0.1, 0.15) is 6.10 Å². The minimum atomic E-state index is -0.107. The maximum atomic E-state index is 13.7. The third-order valence-corrected chi connectivity index (χ3v) is 14.9. The average molecular weight is 549 g/mol. The third kappa shape index (κ3) is 4.67. The molecule has 0 spiro atoms. The molecule has 2 heteroatoms. The monoisotopic (exact) mass is 548 g/mol. The Bertz CT molecular complexity index is 943. The first-order chi connectivity index (χ1) is 19.3. The Kier molecular flexibility index (Phi) is 7.51. The van der Waals surface area contributed by atoms with Gasteiger partial charge in [0.05, 0.1) is 5.41 Å². The summed E-state index contributed by atoms with van der Waals surface area (Å²) in [4.78, 5) is 13.7. The summed E-state index contributed by atoms with van der Waals surface area (Å²) in [5.74, 6) is 6.31. The molecule has 8 aliphatic rings. The second-order valence-corrected chi connectivity index (χ2v) is 17.1. The molecule has 0 aliphatic heterocycles. The van der Waals surface area contributed by atoms with Crippen LogP contribution in [0.5, 0.6) is 0 Å². The van der Waals surface area contributed by atoms with Gasteiger partial charge in [-0.1, -0.05) is 70.9 Å². The topological polar surface area (TPSA) is 26.3 Å². The van der Waals surface area contributed by atoms with Crippen molar-refractivity contribution in [1.29, 1.82) is 0 Å². The number of carbonyl (C=O) groups excluding carboxylic acids is 1. The molecular weight excluding hydrogens is 488 g/mol. The van der Waals surface area contributed by atoms with Crippen molar-refractivity contribution in [3.05, 3.63) is 11.6 Å². The standard InChI is InChI=1S/C38H60O2/c1-4-5-6-7-8-9-10-29-12-14-33-32-13-11-30-22-31(15-17-37(30,3)34(32)16-18-36(29,33)2)40-35(39)38-23-26-19-27(24-38)21-28(20-26)25-38/h11,26-29,31-34H,4-10,12-25H2,1-3H3/t26?,27?,28?,29?,31-,32?,33?,34?,36+,37-,38?/m0/s1. The van der Waals surface area contributed by atoms with Crippen LogP contribution in [0.4, 0.5) is 0 Å². The van der Waals surface area contributed by atoms with Crippen molar-refractivity contribution < 1.29 is 9.53 Å². The number of esters is 1. The minimum Gasteiger partial charge on any atom is -0.462 e. The average Bonchev–Trinajstić information content (AvgIpc) is 3.26. The summed E-state index contributed by atoms with van der Waals surface area (Å²) in [6.07, 6.45) is 31.0. The van der Waals surface area contributed by atoms with E-state index in [1.54, 1.807) is 5.57 Å². The summed E-state index contributed by atoms with van der Waals surface area (Å²) in [5, 5.41) is 0. The smallest absolute Gasteiger partial charge is 0.312 e. The molecule has 4 bridgehead atoms. The van der Waals surface area contributed by atoms with Gasteiger partial charge in [0.15, 0.2) is 0 Å². The molecule has 40 heavy (non-hydrogen) atoms. The van der Waals surface area contributed by atoms with E-state index in [1.165, 1.54) is 103 Å². The van der Waals surface area contributed by atoms with E-state index in [2.05, 4.69) is 26.8 Å². The van der Waals surface area contributed by atoms with Gasteiger partial charge < -0.3 is 4.74 Å². The van der Waals surface area contributed by atoms with E-state index in [0.29, 0.717) is 10.8 Å². The SMILES string of the molecule is CCCCCCCCC1CCC2C3CC=C4C[C@@H](OC(=O)C56CC7CC(CC(C7)C5)C6)CC[C@]4(C)C3CC[C@]12C. The summed E-state index contributed by atoms with van der Waals surface area (Å²) in [7, 11) is 0. The normalized spacial score (nSPS) is 48.7. The molecule has 0 heterocycles. The predicted octanol–water partition coefficient (Wildman–Crippen LogP) is 10.4. The van der Waals surface area contributed by atoms with Crippen molar-refractivity contribution in [2.45, 2.75) is 162 Å². The predicted molar refractivity (Wildman–Crippen MR) is 164 cm³/mol. The van der Waals surface area contributed by atoms with E-state index in [9.17, 15) is 4.79 Å². The van der Waals surface area contributed by atoms with Crippen molar-refractivity contribution in [2.24, 2.45) is 57.7 Å². The second kappa shape index (κ2) is 10.7. The van der Waals surface area contributed by atoms with Crippen LogP contribution in [0.1, 0.15) is 156 Å². The highest BCUT2D eigenvalue weighted by Gasteiger charge is 2.59. The van der Waals surface area contributed by atoms with Gasteiger partial charge in [0, 0.05) is 6.42 Å². The summed E-state index contributed by atoms with van der Waals surface area (Å²) in [6, 6.07) is 0. The molecule has 0 saturated heterocycles. The van der Waals surface area contributed by atoms with Crippen LogP contribution >= 0.6 is 0 Å². The van der Waals surface area contributed by atoms with Crippen LogP contribution in [0.25, 0.3) is 0 Å². The van der Waals surface area contributed by atoms with Crippen LogP contribution in [0, 0.1) is 57.7 Å². The molecule has 0 aromatic carbocycles. The molecule has 4 unspecified atom stereocenters. The van der Waals surface area contributed by atoms with E-state index in [4.69, 9.17) is 4.74 Å². The number of fused-ring (bicyclic) bond motifs is 5. The van der Waals surface area contributed by atoms with Crippen LogP contribution < -0.4 is 0 Å². The first-order valence-corrected chi connectivity index (χ1v) is 18.2. The zero-order valence-corrected chi connectivity index (χ0v) is 26.4. The largest absolute Gasteiger partial charge is 0.462 e. The Labute approximate surface area is 246 Å². The lowest BCUT2D eigenvalue weighted by atomic mass is 9.47. The Morgan fingerprint density at radius 2 is 1.55 bits per heavy atom. The minimum absolute atomic E-state index is 0.107. The lowest BCUT2D eigenvalue weighted by Crippen LogP contribution is -2.52. The van der Waals surface area contributed by atoms with E-state index in [1.807, 2.05) is 0 Å². The molecule has 0 aromatic heterocycles. The summed E-state index contributed by atoms with van der Waals surface area (Å²) < 4.78 is 6.49. The summed E-state index contributed by atoms with van der Waals surface area (Å²) >= 11 is 0. The molecule has 224 valence electrons. The number of rotatable bonds is 9. The molecule has 0 aromatic rings. The molecular formula is C38H60O2. The molecule has 7 saturated carbocycles. The van der Waals surface area contributed by atoms with E-state index < -0.39 is 0 Å². The van der Waals surface area contributed by atoms with Crippen molar-refractivity contribution in [3.8, 4) is 0 Å². The molecule has 2 nitrogen and oxygen atoms in total. The van der Waals surface area contributed by atoms with Gasteiger partial charge in [-0.2, -0.15) is 0 Å². The Hall–Kier alpha value is -0.790. The van der Waals surface area contributed by atoms with Gasteiger partial charge in [0.2, 0.25) is 0 Å². The summed E-state index contributed by atoms with van der Waals surface area (Å²) in [5.41, 5.74) is 2.51. The van der Waals surface area contributed by atoms with Crippen molar-refractivity contribution in [3.63, 3.8) is 0 Å². The lowest BCUT2D eigenvalue weighted by molar-refractivity contribution is -0.179. The Balaban J connectivity index is 0.976. The maximum Gasteiger partial charge on any atom is 0.312 e. The molecule has 7 fully saturated rings. The maximum absolute atomic E-state index is 13.7. The van der Waals surface area contributed by atoms with Crippen LogP contribution in [0.15, 0.2) is 11.6 Å². The fourth-order valence-corrected chi connectivity index (χ4v) is 13.1. The van der Waals surface area contributed by atoms with Crippen LogP contribution in [-0.4, -0.2) is 12.1 Å².